The molecule has 28 heavy (non-hydrogen) atoms. The highest BCUT2D eigenvalue weighted by Gasteiger charge is 2.31. The number of hydrogen-bond acceptors (Lipinski definition) is 4. The van der Waals surface area contributed by atoms with E-state index in [-0.39, 0.29) is 25.3 Å². The van der Waals surface area contributed by atoms with Crippen molar-refractivity contribution in [2.75, 3.05) is 23.7 Å². The monoisotopic (exact) mass is 428 g/mol. The van der Waals surface area contributed by atoms with E-state index >= 15 is 0 Å². The van der Waals surface area contributed by atoms with Crippen molar-refractivity contribution in [1.29, 1.82) is 0 Å². The molecule has 0 aromatic heterocycles. The second kappa shape index (κ2) is 9.75. The summed E-state index contributed by atoms with van der Waals surface area (Å²) in [6, 6.07) is 10.8. The first-order valence-corrected chi connectivity index (χ1v) is 10.9. The van der Waals surface area contributed by atoms with Gasteiger partial charge in [-0.1, -0.05) is 18.5 Å². The van der Waals surface area contributed by atoms with Crippen LogP contribution in [0.3, 0.4) is 0 Å². The Morgan fingerprint density at radius 2 is 1.79 bits per heavy atom. The third-order valence-corrected chi connectivity index (χ3v) is 5.33. The molecule has 1 N–H and O–H groups in total. The molecule has 1 atom stereocenters. The molecule has 1 amide bonds. The first kappa shape index (κ1) is 22.0. The lowest BCUT2D eigenvalue weighted by atomic mass is 10.2. The lowest BCUT2D eigenvalue weighted by Gasteiger charge is -2.30. The van der Waals surface area contributed by atoms with Gasteiger partial charge >= 0.3 is 0 Å². The Bertz CT molecular complexity index is 889. The molecule has 0 aliphatic carbocycles. The fourth-order valence-electron chi connectivity index (χ4n) is 2.64. The van der Waals surface area contributed by atoms with Crippen LogP contribution < -0.4 is 14.4 Å². The molecular formula is C19H22ClFN2O4S. The van der Waals surface area contributed by atoms with Gasteiger partial charge in [-0.15, -0.1) is 0 Å². The maximum absolute atomic E-state index is 13.2. The zero-order valence-electron chi connectivity index (χ0n) is 15.6. The molecule has 0 aliphatic rings. The quantitative estimate of drug-likeness (QED) is 0.622. The van der Waals surface area contributed by atoms with Crippen molar-refractivity contribution in [2.45, 2.75) is 19.4 Å². The highest BCUT2D eigenvalue weighted by Crippen LogP contribution is 2.22. The van der Waals surface area contributed by atoms with Crippen LogP contribution in [0.25, 0.3) is 0 Å². The standard InChI is InChI=1S/C19H22ClFN2O4S/c1-3-18(23(28(2,25)26)16-8-6-15(21)7-9-16)19(24)22-12-13-27-17-10-4-14(20)5-11-17/h4-11,18H,3,12-13H2,1-2H3,(H,22,24)/t18-/m0/s1. The predicted octanol–water partition coefficient (Wildman–Crippen LogP) is 3.22. The predicted molar refractivity (Wildman–Crippen MR) is 108 cm³/mol. The average molecular weight is 429 g/mol. The van der Waals surface area contributed by atoms with Gasteiger partial charge in [0.05, 0.1) is 18.5 Å². The van der Waals surface area contributed by atoms with E-state index < -0.39 is 27.8 Å². The molecule has 152 valence electrons. The molecule has 0 aliphatic heterocycles. The minimum atomic E-state index is -3.76. The smallest absolute Gasteiger partial charge is 0.244 e. The van der Waals surface area contributed by atoms with Crippen LogP contribution in [0.4, 0.5) is 10.1 Å². The summed E-state index contributed by atoms with van der Waals surface area (Å²) in [4.78, 5) is 12.6. The summed E-state index contributed by atoms with van der Waals surface area (Å²) in [7, 11) is -3.76. The summed E-state index contributed by atoms with van der Waals surface area (Å²) < 4.78 is 44.3. The molecule has 2 aromatic rings. The summed E-state index contributed by atoms with van der Waals surface area (Å²) in [5.74, 6) is -0.347. The third kappa shape index (κ3) is 6.10. The fraction of sp³-hybridized carbons (Fsp3) is 0.316. The van der Waals surface area contributed by atoms with Gasteiger partial charge in [0, 0.05) is 5.02 Å². The number of ether oxygens (including phenoxy) is 1. The Kier molecular flexibility index (Phi) is 7.65. The SMILES string of the molecule is CC[C@@H](C(=O)NCCOc1ccc(Cl)cc1)N(c1ccc(F)cc1)S(C)(=O)=O. The van der Waals surface area contributed by atoms with E-state index in [4.69, 9.17) is 16.3 Å². The van der Waals surface area contributed by atoms with Crippen molar-refractivity contribution >= 4 is 33.2 Å². The van der Waals surface area contributed by atoms with Crippen molar-refractivity contribution in [2.24, 2.45) is 0 Å². The van der Waals surface area contributed by atoms with Gasteiger partial charge in [0.1, 0.15) is 24.2 Å². The molecule has 0 heterocycles. The van der Waals surface area contributed by atoms with Gasteiger partial charge in [-0.3, -0.25) is 9.10 Å². The zero-order chi connectivity index (χ0) is 20.7. The summed E-state index contributed by atoms with van der Waals surface area (Å²) in [6.45, 7) is 2.11. The number of carbonyl (C=O) groups excluding carboxylic acids is 1. The molecule has 0 bridgehead atoms. The van der Waals surface area contributed by atoms with Crippen molar-refractivity contribution < 1.29 is 22.3 Å². The second-order valence-electron chi connectivity index (χ2n) is 6.05. The van der Waals surface area contributed by atoms with E-state index in [9.17, 15) is 17.6 Å². The number of carbonyl (C=O) groups is 1. The second-order valence-corrected chi connectivity index (χ2v) is 8.35. The minimum Gasteiger partial charge on any atom is -0.492 e. The van der Waals surface area contributed by atoms with E-state index in [0.29, 0.717) is 10.8 Å². The lowest BCUT2D eigenvalue weighted by Crippen LogP contribution is -2.50. The van der Waals surface area contributed by atoms with Crippen LogP contribution in [0.2, 0.25) is 5.02 Å². The van der Waals surface area contributed by atoms with Gasteiger partial charge in [0.2, 0.25) is 15.9 Å². The molecule has 2 rings (SSSR count). The number of anilines is 1. The average Bonchev–Trinajstić information content (AvgIpc) is 2.64. The Morgan fingerprint density at radius 3 is 2.32 bits per heavy atom. The minimum absolute atomic E-state index is 0.193. The molecule has 9 heteroatoms. The highest BCUT2D eigenvalue weighted by molar-refractivity contribution is 7.92. The number of sulfonamides is 1. The zero-order valence-corrected chi connectivity index (χ0v) is 17.1. The van der Waals surface area contributed by atoms with E-state index in [1.807, 2.05) is 0 Å². The van der Waals surface area contributed by atoms with Gasteiger partial charge in [-0.05, 0) is 55.0 Å². The van der Waals surface area contributed by atoms with Crippen LogP contribution in [0.5, 0.6) is 5.75 Å². The van der Waals surface area contributed by atoms with Gasteiger partial charge in [-0.2, -0.15) is 0 Å². The van der Waals surface area contributed by atoms with Gasteiger partial charge < -0.3 is 10.1 Å². The molecule has 2 aromatic carbocycles. The van der Waals surface area contributed by atoms with Crippen LogP contribution in [0, 0.1) is 5.82 Å². The van der Waals surface area contributed by atoms with Gasteiger partial charge in [0.25, 0.3) is 0 Å². The Labute approximate surface area is 169 Å². The van der Waals surface area contributed by atoms with E-state index in [1.54, 1.807) is 31.2 Å². The molecule has 0 radical (unpaired) electrons. The number of nitrogens with zero attached hydrogens (tertiary/aromatic N) is 1. The fourth-order valence-corrected chi connectivity index (χ4v) is 3.98. The van der Waals surface area contributed by atoms with E-state index in [0.717, 1.165) is 22.7 Å². The van der Waals surface area contributed by atoms with Gasteiger partial charge in [-0.25, -0.2) is 12.8 Å². The highest BCUT2D eigenvalue weighted by atomic mass is 35.5. The number of nitrogens with one attached hydrogen (secondary N) is 1. The summed E-state index contributed by atoms with van der Waals surface area (Å²) >= 11 is 5.80. The van der Waals surface area contributed by atoms with Gasteiger partial charge in [0.15, 0.2) is 0 Å². The maximum atomic E-state index is 13.2. The number of hydrogen-bond donors (Lipinski definition) is 1. The van der Waals surface area contributed by atoms with E-state index in [2.05, 4.69) is 5.32 Å². The number of rotatable bonds is 9. The van der Waals surface area contributed by atoms with Crippen molar-refractivity contribution in [3.63, 3.8) is 0 Å². The van der Waals surface area contributed by atoms with Crippen molar-refractivity contribution in [3.8, 4) is 5.75 Å². The molecule has 0 fully saturated rings. The van der Waals surface area contributed by atoms with Crippen molar-refractivity contribution in [3.05, 3.63) is 59.4 Å². The Balaban J connectivity index is 2.02. The molecule has 0 spiro atoms. The number of halogens is 2. The Morgan fingerprint density at radius 1 is 1.18 bits per heavy atom. The Hall–Kier alpha value is -2.32. The number of amides is 1. The molecule has 0 saturated heterocycles. The van der Waals surface area contributed by atoms with Crippen molar-refractivity contribution in [1.82, 2.24) is 5.32 Å². The van der Waals surface area contributed by atoms with E-state index in [1.165, 1.54) is 12.1 Å². The van der Waals surface area contributed by atoms with Crippen LogP contribution in [0.1, 0.15) is 13.3 Å². The van der Waals surface area contributed by atoms with Crippen LogP contribution in [0.15, 0.2) is 48.5 Å². The molecule has 0 saturated carbocycles. The molecule has 0 unspecified atom stereocenters. The van der Waals surface area contributed by atoms with Crippen LogP contribution in [-0.2, 0) is 14.8 Å². The third-order valence-electron chi connectivity index (χ3n) is 3.89. The summed E-state index contributed by atoms with van der Waals surface area (Å²) in [6.07, 6.45) is 1.25. The normalized spacial score (nSPS) is 12.3. The largest absolute Gasteiger partial charge is 0.492 e. The molecular weight excluding hydrogens is 407 g/mol. The topological polar surface area (TPSA) is 75.7 Å². The number of benzene rings is 2. The first-order valence-electron chi connectivity index (χ1n) is 8.63. The molecule has 6 nitrogen and oxygen atoms in total. The van der Waals surface area contributed by atoms with Crippen LogP contribution in [-0.4, -0.2) is 39.8 Å². The lowest BCUT2D eigenvalue weighted by molar-refractivity contribution is -0.122. The maximum Gasteiger partial charge on any atom is 0.244 e. The summed E-state index contributed by atoms with van der Waals surface area (Å²) in [5, 5.41) is 3.27. The van der Waals surface area contributed by atoms with Crippen LogP contribution >= 0.6 is 11.6 Å². The first-order chi connectivity index (χ1) is 13.2. The summed E-state index contributed by atoms with van der Waals surface area (Å²) in [5.41, 5.74) is 0.225.